The molecule has 29 heavy (non-hydrogen) atoms. The van der Waals surface area contributed by atoms with Gasteiger partial charge in [-0.05, 0) is 25.1 Å². The third-order valence-electron chi connectivity index (χ3n) is 6.79. The minimum Gasteiger partial charge on any atom is -0.443 e. The molecule has 4 fully saturated rings. The predicted octanol–water partition coefficient (Wildman–Crippen LogP) is 2.19. The first-order valence-electron chi connectivity index (χ1n) is 9.57. The molecule has 0 aliphatic carbocycles. The lowest BCUT2D eigenvalue weighted by Gasteiger charge is -2.44. The Morgan fingerprint density at radius 1 is 1.48 bits per heavy atom. The van der Waals surface area contributed by atoms with E-state index in [0.29, 0.717) is 30.7 Å². The molecule has 1 N–H and O–H groups in total. The number of ether oxygens (including phenoxy) is 3. The van der Waals surface area contributed by atoms with Gasteiger partial charge in [0.15, 0.2) is 0 Å². The van der Waals surface area contributed by atoms with Gasteiger partial charge in [0, 0.05) is 25.6 Å². The second-order valence-corrected chi connectivity index (χ2v) is 8.62. The fourth-order valence-electron chi connectivity index (χ4n) is 5.72. The fourth-order valence-corrected chi connectivity index (χ4v) is 5.94. The van der Waals surface area contributed by atoms with Gasteiger partial charge in [-0.2, -0.15) is 5.26 Å². The molecule has 9 heteroatoms. The molecular weight excluding hydrogens is 398 g/mol. The molecule has 0 radical (unpaired) electrons. The van der Waals surface area contributed by atoms with E-state index in [4.69, 9.17) is 31.1 Å². The van der Waals surface area contributed by atoms with Crippen LogP contribution in [0.25, 0.3) is 0 Å². The van der Waals surface area contributed by atoms with Crippen molar-refractivity contribution >= 4 is 29.3 Å². The number of fused-ring (bicyclic) bond motifs is 2. The van der Waals surface area contributed by atoms with Crippen molar-refractivity contribution in [3.63, 3.8) is 0 Å². The summed E-state index contributed by atoms with van der Waals surface area (Å²) in [6, 6.07) is 6.95. The van der Waals surface area contributed by atoms with Crippen LogP contribution in [0, 0.1) is 23.2 Å². The summed E-state index contributed by atoms with van der Waals surface area (Å²) in [6.45, 7) is 2.29. The Hall–Kier alpha value is -2.34. The molecule has 0 saturated carbocycles. The van der Waals surface area contributed by atoms with Crippen LogP contribution in [-0.2, 0) is 19.0 Å². The molecule has 4 aliphatic rings. The summed E-state index contributed by atoms with van der Waals surface area (Å²) in [5.74, 6) is -0.747. The van der Waals surface area contributed by atoms with E-state index in [1.807, 2.05) is 13.0 Å². The second kappa shape index (κ2) is 6.08. The molecule has 4 saturated heterocycles. The van der Waals surface area contributed by atoms with E-state index in [-0.39, 0.29) is 16.8 Å². The number of anilines is 1. The van der Waals surface area contributed by atoms with Crippen molar-refractivity contribution in [1.29, 1.82) is 5.26 Å². The first-order chi connectivity index (χ1) is 13.8. The Morgan fingerprint density at radius 2 is 2.28 bits per heavy atom. The highest BCUT2D eigenvalue weighted by atomic mass is 35.5. The van der Waals surface area contributed by atoms with Crippen molar-refractivity contribution < 1.29 is 23.8 Å². The average molecular weight is 418 g/mol. The minimum absolute atomic E-state index is 0.0922. The van der Waals surface area contributed by atoms with Gasteiger partial charge in [-0.15, -0.1) is 0 Å². The molecule has 1 aromatic rings. The van der Waals surface area contributed by atoms with E-state index in [9.17, 15) is 9.59 Å². The minimum atomic E-state index is -0.754. The van der Waals surface area contributed by atoms with Crippen molar-refractivity contribution in [3.8, 4) is 6.07 Å². The molecular formula is C20H20ClN3O5. The number of nitriles is 1. The summed E-state index contributed by atoms with van der Waals surface area (Å²) >= 11 is 6.21. The van der Waals surface area contributed by atoms with Gasteiger partial charge in [-0.25, -0.2) is 4.79 Å². The van der Waals surface area contributed by atoms with Gasteiger partial charge >= 0.3 is 6.09 Å². The van der Waals surface area contributed by atoms with E-state index in [0.717, 1.165) is 0 Å². The number of carbonyl (C=O) groups excluding carboxylic acids is 2. The number of halogens is 1. The number of amides is 2. The van der Waals surface area contributed by atoms with Crippen LogP contribution < -0.4 is 10.2 Å². The van der Waals surface area contributed by atoms with Crippen LogP contribution in [0.5, 0.6) is 0 Å². The van der Waals surface area contributed by atoms with Crippen molar-refractivity contribution in [2.24, 2.45) is 11.8 Å². The molecule has 4 aliphatic heterocycles. The second-order valence-electron chi connectivity index (χ2n) is 8.22. The molecule has 0 aromatic heterocycles. The zero-order valence-corrected chi connectivity index (χ0v) is 16.7. The summed E-state index contributed by atoms with van der Waals surface area (Å²) in [4.78, 5) is 27.0. The summed E-state index contributed by atoms with van der Waals surface area (Å²) in [5.41, 5.74) is -0.562. The quantitative estimate of drug-likeness (QED) is 0.791. The van der Waals surface area contributed by atoms with Gasteiger partial charge in [-0.1, -0.05) is 11.6 Å². The third kappa shape index (κ3) is 2.32. The van der Waals surface area contributed by atoms with Crippen LogP contribution in [0.2, 0.25) is 5.02 Å². The maximum Gasteiger partial charge on any atom is 0.407 e. The lowest BCUT2D eigenvalue weighted by molar-refractivity contribution is -0.163. The molecule has 8 nitrogen and oxygen atoms in total. The summed E-state index contributed by atoms with van der Waals surface area (Å²) < 4.78 is 18.2. The van der Waals surface area contributed by atoms with Gasteiger partial charge in [-0.3, -0.25) is 9.69 Å². The maximum atomic E-state index is 13.5. The van der Waals surface area contributed by atoms with Gasteiger partial charge in [0.2, 0.25) is 5.91 Å². The normalized spacial score (nSPS) is 39.2. The van der Waals surface area contributed by atoms with Gasteiger partial charge in [0.25, 0.3) is 0 Å². The van der Waals surface area contributed by atoms with Crippen molar-refractivity contribution in [3.05, 3.63) is 28.8 Å². The number of alkyl carbamates (subject to hydrolysis) is 1. The topological polar surface area (TPSA) is 101 Å². The fraction of sp³-hybridized carbons (Fsp3) is 0.550. The van der Waals surface area contributed by atoms with Crippen LogP contribution >= 0.6 is 11.6 Å². The molecule has 5 rings (SSSR count). The predicted molar refractivity (Wildman–Crippen MR) is 101 cm³/mol. The SMILES string of the molecule is CNC(=O)O[C@@H]1C[C@@]2(C)O[C@@]13CCO[C@H]1[C@@H]3[C@@H]2C(=O)N1c1ccc(C#N)c(Cl)c1. The highest BCUT2D eigenvalue weighted by Crippen LogP contribution is 2.65. The number of nitrogens with zero attached hydrogens (tertiary/aromatic N) is 2. The number of hydrogen-bond acceptors (Lipinski definition) is 6. The van der Waals surface area contributed by atoms with Crippen molar-refractivity contribution in [1.82, 2.24) is 5.32 Å². The number of carbonyl (C=O) groups is 2. The van der Waals surface area contributed by atoms with Crippen LogP contribution in [0.15, 0.2) is 18.2 Å². The number of nitrogens with one attached hydrogen (secondary N) is 1. The molecule has 6 atom stereocenters. The van der Waals surface area contributed by atoms with Crippen molar-refractivity contribution in [2.75, 3.05) is 18.6 Å². The highest BCUT2D eigenvalue weighted by molar-refractivity contribution is 6.32. The number of rotatable bonds is 2. The van der Waals surface area contributed by atoms with E-state index >= 15 is 0 Å². The van der Waals surface area contributed by atoms with E-state index < -0.39 is 35.5 Å². The molecule has 1 spiro atoms. The molecule has 2 bridgehead atoms. The average Bonchev–Trinajstić information content (AvgIpc) is 3.25. The third-order valence-corrected chi connectivity index (χ3v) is 7.10. The molecule has 2 amide bonds. The molecule has 4 heterocycles. The van der Waals surface area contributed by atoms with E-state index in [1.54, 1.807) is 23.1 Å². The standard InChI is InChI=1S/C20H20ClN3O5/c1-19-8-13(28-18(26)23-2)20(29-19)5-6-27-17-15(20)14(19)16(25)24(17)11-4-3-10(9-22)12(21)7-11/h3-4,7,13-15,17H,5-6,8H2,1-2H3,(H,23,26)/t13-,14-,15+,17+,19-,20+/m1/s1. The van der Waals surface area contributed by atoms with Crippen LogP contribution in [0.3, 0.4) is 0 Å². The summed E-state index contributed by atoms with van der Waals surface area (Å²) in [7, 11) is 1.51. The number of benzene rings is 1. The van der Waals surface area contributed by atoms with Crippen LogP contribution in [0.1, 0.15) is 25.3 Å². The summed E-state index contributed by atoms with van der Waals surface area (Å²) in [6.07, 6.45) is -0.483. The lowest BCUT2D eigenvalue weighted by atomic mass is 9.65. The largest absolute Gasteiger partial charge is 0.443 e. The Labute approximate surface area is 172 Å². The Bertz CT molecular complexity index is 964. The van der Waals surface area contributed by atoms with Crippen LogP contribution in [-0.4, -0.2) is 49.2 Å². The van der Waals surface area contributed by atoms with Gasteiger partial charge in [0.1, 0.15) is 24.0 Å². The first kappa shape index (κ1) is 18.7. The number of hydrogen-bond donors (Lipinski definition) is 1. The Kier molecular flexibility index (Phi) is 3.92. The van der Waals surface area contributed by atoms with Crippen molar-refractivity contribution in [2.45, 2.75) is 43.3 Å². The molecule has 152 valence electrons. The summed E-state index contributed by atoms with van der Waals surface area (Å²) in [5, 5.41) is 11.9. The first-order valence-corrected chi connectivity index (χ1v) is 9.95. The molecule has 1 aromatic carbocycles. The lowest BCUT2D eigenvalue weighted by Crippen LogP contribution is -2.58. The zero-order chi connectivity index (χ0) is 20.6. The zero-order valence-electron chi connectivity index (χ0n) is 16.0. The van der Waals surface area contributed by atoms with Gasteiger partial charge in [0.05, 0.1) is 34.6 Å². The van der Waals surface area contributed by atoms with E-state index in [2.05, 4.69) is 5.32 Å². The monoisotopic (exact) mass is 417 g/mol. The maximum absolute atomic E-state index is 13.5. The highest BCUT2D eigenvalue weighted by Gasteiger charge is 2.79. The Morgan fingerprint density at radius 3 is 2.97 bits per heavy atom. The van der Waals surface area contributed by atoms with E-state index in [1.165, 1.54) is 7.05 Å². The Balaban J connectivity index is 1.56. The van der Waals surface area contributed by atoms with Crippen LogP contribution in [0.4, 0.5) is 10.5 Å². The smallest absolute Gasteiger partial charge is 0.407 e. The van der Waals surface area contributed by atoms with Gasteiger partial charge < -0.3 is 19.5 Å². The molecule has 0 unspecified atom stereocenters.